The summed E-state index contributed by atoms with van der Waals surface area (Å²) < 4.78 is 114. The molecule has 0 aliphatic rings. The van der Waals surface area contributed by atoms with E-state index in [0.717, 1.165) is 12.1 Å². The van der Waals surface area contributed by atoms with E-state index in [1.165, 1.54) is 6.07 Å². The molecule has 5 nitrogen and oxygen atoms in total. The summed E-state index contributed by atoms with van der Waals surface area (Å²) in [5, 5.41) is 0. The van der Waals surface area contributed by atoms with Gasteiger partial charge in [-0.2, -0.15) is 26.3 Å². The predicted octanol–water partition coefficient (Wildman–Crippen LogP) is 3.46. The first-order chi connectivity index (χ1) is 11.0. The van der Waals surface area contributed by atoms with Gasteiger partial charge in [0.2, 0.25) is 0 Å². The van der Waals surface area contributed by atoms with Gasteiger partial charge in [0.05, 0.1) is 21.4 Å². The van der Waals surface area contributed by atoms with E-state index in [2.05, 4.69) is 4.74 Å². The Hall–Kier alpha value is -0.360. The standard InChI is InChI=1S/C11H6F6I2O5S/c12-10(13,14)9(11(15,16)17,4-25(21,22)23)24-8(20)5-1-6(18)3-7(19)2-5/h1-3H,4H2,(H,21,22,23)/p-1. The zero-order valence-corrected chi connectivity index (χ0v) is 16.5. The van der Waals surface area contributed by atoms with E-state index in [-0.39, 0.29) is 0 Å². The van der Waals surface area contributed by atoms with Gasteiger partial charge in [-0.15, -0.1) is 0 Å². The second-order valence-corrected chi connectivity index (χ2v) is 8.47. The fourth-order valence-corrected chi connectivity index (χ4v) is 4.43. The van der Waals surface area contributed by atoms with Crippen LogP contribution in [0, 0.1) is 7.14 Å². The van der Waals surface area contributed by atoms with Crippen molar-refractivity contribution < 1.29 is 48.8 Å². The van der Waals surface area contributed by atoms with Crippen LogP contribution in [-0.2, 0) is 14.9 Å². The Balaban J connectivity index is 3.49. The number of benzene rings is 1. The summed E-state index contributed by atoms with van der Waals surface area (Å²) >= 11 is 3.31. The number of halogens is 8. The second kappa shape index (κ2) is 7.34. The van der Waals surface area contributed by atoms with Crippen molar-refractivity contribution in [3.05, 3.63) is 30.9 Å². The van der Waals surface area contributed by atoms with Gasteiger partial charge in [-0.1, -0.05) is 0 Å². The minimum atomic E-state index is -6.40. The Labute approximate surface area is 164 Å². The fraction of sp³-hybridized carbons (Fsp3) is 0.364. The molecule has 1 rings (SSSR count). The molecular weight excluding hydrogens is 612 g/mol. The van der Waals surface area contributed by atoms with Crippen LogP contribution in [0.25, 0.3) is 0 Å². The number of rotatable bonds is 4. The van der Waals surface area contributed by atoms with Gasteiger partial charge in [0, 0.05) is 7.14 Å². The first-order valence-corrected chi connectivity index (χ1v) is 9.48. The zero-order valence-electron chi connectivity index (χ0n) is 11.4. The SMILES string of the molecule is O=C(OC(CS(=O)(=O)[O-])(C(F)(F)F)C(F)(F)F)c1cc(I)cc(I)c1. The van der Waals surface area contributed by atoms with E-state index >= 15 is 0 Å². The van der Waals surface area contributed by atoms with E-state index in [1.54, 1.807) is 45.2 Å². The summed E-state index contributed by atoms with van der Waals surface area (Å²) in [5.74, 6) is -5.10. The molecule has 0 bridgehead atoms. The van der Waals surface area contributed by atoms with Crippen LogP contribution in [0.2, 0.25) is 0 Å². The number of hydrogen-bond acceptors (Lipinski definition) is 5. The zero-order chi connectivity index (χ0) is 19.8. The number of alkyl halides is 6. The maximum absolute atomic E-state index is 13.0. The number of carbonyl (C=O) groups excluding carboxylic acids is 1. The van der Waals surface area contributed by atoms with Crippen LogP contribution in [0.3, 0.4) is 0 Å². The summed E-state index contributed by atoms with van der Waals surface area (Å²) in [6, 6.07) is 3.34. The summed E-state index contributed by atoms with van der Waals surface area (Å²) in [4.78, 5) is 11.8. The van der Waals surface area contributed by atoms with Gasteiger partial charge in [-0.05, 0) is 63.4 Å². The van der Waals surface area contributed by atoms with Crippen LogP contribution in [-0.4, -0.2) is 42.6 Å². The van der Waals surface area contributed by atoms with Crippen molar-refractivity contribution in [3.8, 4) is 0 Å². The summed E-state index contributed by atoms with van der Waals surface area (Å²) in [6.45, 7) is 0. The molecule has 0 radical (unpaired) electrons. The normalized spacial score (nSPS) is 13.6. The fourth-order valence-electron chi connectivity index (χ4n) is 1.61. The van der Waals surface area contributed by atoms with Crippen LogP contribution in [0.4, 0.5) is 26.3 Å². The molecular formula is C11H5F6I2O5S-. The van der Waals surface area contributed by atoms with E-state index in [1.807, 2.05) is 0 Å². The molecule has 14 heteroatoms. The third kappa shape index (κ3) is 5.56. The van der Waals surface area contributed by atoms with Crippen molar-refractivity contribution in [2.75, 3.05) is 5.75 Å². The molecule has 1 aromatic rings. The molecule has 25 heavy (non-hydrogen) atoms. The van der Waals surface area contributed by atoms with Crippen LogP contribution in [0.5, 0.6) is 0 Å². The lowest BCUT2D eigenvalue weighted by Gasteiger charge is -2.36. The predicted molar refractivity (Wildman–Crippen MR) is 86.7 cm³/mol. The van der Waals surface area contributed by atoms with Gasteiger partial charge >= 0.3 is 23.9 Å². The van der Waals surface area contributed by atoms with Crippen molar-refractivity contribution in [2.45, 2.75) is 18.0 Å². The van der Waals surface area contributed by atoms with Crippen LogP contribution >= 0.6 is 45.2 Å². The van der Waals surface area contributed by atoms with Gasteiger partial charge in [0.15, 0.2) is 0 Å². The van der Waals surface area contributed by atoms with Gasteiger partial charge < -0.3 is 9.29 Å². The average Bonchev–Trinajstić information content (AvgIpc) is 2.32. The minimum Gasteiger partial charge on any atom is -0.748 e. The monoisotopic (exact) mass is 617 g/mol. The molecule has 1 aromatic carbocycles. The van der Waals surface area contributed by atoms with E-state index < -0.39 is 45.4 Å². The summed E-state index contributed by atoms with van der Waals surface area (Å²) in [7, 11) is -6.06. The Kier molecular flexibility index (Phi) is 6.66. The highest BCUT2D eigenvalue weighted by Crippen LogP contribution is 2.47. The first-order valence-electron chi connectivity index (χ1n) is 5.75. The van der Waals surface area contributed by atoms with Crippen LogP contribution in [0.1, 0.15) is 10.4 Å². The molecule has 0 saturated carbocycles. The molecule has 0 saturated heterocycles. The number of carbonyl (C=O) groups is 1. The van der Waals surface area contributed by atoms with Crippen molar-refractivity contribution in [1.29, 1.82) is 0 Å². The topological polar surface area (TPSA) is 83.5 Å². The molecule has 0 unspecified atom stereocenters. The third-order valence-corrected chi connectivity index (χ3v) is 4.67. The van der Waals surface area contributed by atoms with E-state index in [9.17, 15) is 44.1 Å². The minimum absolute atomic E-state index is 0.303. The second-order valence-electron chi connectivity index (χ2n) is 4.57. The number of esters is 1. The first kappa shape index (κ1) is 22.7. The lowest BCUT2D eigenvalue weighted by Crippen LogP contribution is -2.63. The maximum Gasteiger partial charge on any atom is 0.438 e. The lowest BCUT2D eigenvalue weighted by atomic mass is 10.1. The molecule has 0 spiro atoms. The largest absolute Gasteiger partial charge is 0.748 e. The van der Waals surface area contributed by atoms with Crippen molar-refractivity contribution in [1.82, 2.24) is 0 Å². The number of hydrogen-bond donors (Lipinski definition) is 0. The van der Waals surface area contributed by atoms with Gasteiger partial charge in [-0.3, -0.25) is 0 Å². The highest BCUT2D eigenvalue weighted by molar-refractivity contribution is 14.1. The molecule has 0 fully saturated rings. The highest BCUT2D eigenvalue weighted by Gasteiger charge is 2.75. The van der Waals surface area contributed by atoms with Crippen molar-refractivity contribution >= 4 is 61.3 Å². The highest BCUT2D eigenvalue weighted by atomic mass is 127. The average molecular weight is 617 g/mol. The molecule has 142 valence electrons. The smallest absolute Gasteiger partial charge is 0.438 e. The molecule has 0 atom stereocenters. The molecule has 0 aliphatic heterocycles. The van der Waals surface area contributed by atoms with E-state index in [4.69, 9.17) is 0 Å². The molecule has 0 N–H and O–H groups in total. The maximum atomic E-state index is 13.0. The summed E-state index contributed by atoms with van der Waals surface area (Å²) in [6.07, 6.45) is -12.8. The van der Waals surface area contributed by atoms with E-state index in [0.29, 0.717) is 7.14 Å². The third-order valence-electron chi connectivity index (χ3n) is 2.66. The Morgan fingerprint density at radius 2 is 1.40 bits per heavy atom. The quantitative estimate of drug-likeness (QED) is 0.224. The van der Waals surface area contributed by atoms with Gasteiger partial charge in [-0.25, -0.2) is 13.2 Å². The Morgan fingerprint density at radius 3 is 1.72 bits per heavy atom. The van der Waals surface area contributed by atoms with Gasteiger partial charge in [0.25, 0.3) is 0 Å². The van der Waals surface area contributed by atoms with Crippen molar-refractivity contribution in [3.63, 3.8) is 0 Å². The lowest BCUT2D eigenvalue weighted by molar-refractivity contribution is -0.356. The van der Waals surface area contributed by atoms with Crippen molar-refractivity contribution in [2.24, 2.45) is 0 Å². The molecule has 0 aliphatic carbocycles. The Bertz CT molecular complexity index is 740. The molecule has 0 aromatic heterocycles. The summed E-state index contributed by atoms with van der Waals surface area (Å²) in [5.41, 5.74) is -6.15. The Morgan fingerprint density at radius 1 is 1.00 bits per heavy atom. The van der Waals surface area contributed by atoms with Gasteiger partial charge in [0.1, 0.15) is 0 Å². The van der Waals surface area contributed by atoms with Crippen LogP contribution in [0.15, 0.2) is 18.2 Å². The molecule has 0 heterocycles. The number of ether oxygens (including phenoxy) is 1. The molecule has 0 amide bonds. The van der Waals surface area contributed by atoms with Crippen LogP contribution < -0.4 is 0 Å².